The fraction of sp³-hybridized carbons (Fsp3) is 0.417. The number of ether oxygens (including phenoxy) is 1. The van der Waals surface area contributed by atoms with Crippen LogP contribution in [0.5, 0.6) is 0 Å². The fourth-order valence-corrected chi connectivity index (χ4v) is 2.73. The number of aromatic nitrogens is 3. The van der Waals surface area contributed by atoms with E-state index in [1.165, 1.54) is 0 Å². The van der Waals surface area contributed by atoms with Crippen molar-refractivity contribution in [2.45, 2.75) is 17.6 Å². The van der Waals surface area contributed by atoms with Crippen molar-refractivity contribution in [3.05, 3.63) is 18.0 Å². The summed E-state index contributed by atoms with van der Waals surface area (Å²) in [5.41, 5.74) is 1.20. The lowest BCUT2D eigenvalue weighted by atomic mass is 10.2. The first-order valence-electron chi connectivity index (χ1n) is 5.90. The largest absolute Gasteiger partial charge is 0.379 e. The maximum absolute atomic E-state index is 11.5. The molecule has 0 spiro atoms. The third-order valence-electron chi connectivity index (χ3n) is 3.20. The first-order valence-corrected chi connectivity index (χ1v) is 7.46. The first-order chi connectivity index (χ1) is 9.20. The van der Waals surface area contributed by atoms with Crippen LogP contribution in [-0.4, -0.2) is 38.2 Å². The molecule has 7 heteroatoms. The van der Waals surface area contributed by atoms with Gasteiger partial charge in [0, 0.05) is 24.4 Å². The zero-order valence-corrected chi connectivity index (χ0v) is 11.2. The molecule has 1 aliphatic heterocycles. The standard InChI is InChI=1S/C12H12N4O2S/c1-19(17)12-14-6-8-4-10(5-13)16(11(8)15-12)9-2-3-18-7-9/h4,6,9H,2-3,7H2,1H3. The number of hydrogen-bond acceptors (Lipinski definition) is 5. The minimum absolute atomic E-state index is 0.111. The van der Waals surface area contributed by atoms with Crippen molar-refractivity contribution in [2.24, 2.45) is 0 Å². The smallest absolute Gasteiger partial charge is 0.220 e. The summed E-state index contributed by atoms with van der Waals surface area (Å²) in [6.07, 6.45) is 4.01. The molecule has 1 saturated heterocycles. The third-order valence-corrected chi connectivity index (χ3v) is 3.91. The molecule has 0 saturated carbocycles. The van der Waals surface area contributed by atoms with Crippen LogP contribution in [0.15, 0.2) is 17.4 Å². The van der Waals surface area contributed by atoms with Gasteiger partial charge in [-0.25, -0.2) is 9.97 Å². The second kappa shape index (κ2) is 4.72. The quantitative estimate of drug-likeness (QED) is 0.764. The van der Waals surface area contributed by atoms with Crippen LogP contribution in [0, 0.1) is 11.3 Å². The summed E-state index contributed by atoms with van der Waals surface area (Å²) in [5, 5.41) is 10.3. The van der Waals surface area contributed by atoms with Crippen molar-refractivity contribution < 1.29 is 8.95 Å². The molecule has 2 unspecified atom stereocenters. The Labute approximate surface area is 112 Å². The normalized spacial score (nSPS) is 20.5. The average Bonchev–Trinajstić information content (AvgIpc) is 3.03. The van der Waals surface area contributed by atoms with E-state index in [0.29, 0.717) is 24.6 Å². The lowest BCUT2D eigenvalue weighted by Gasteiger charge is -2.12. The molecule has 6 nitrogen and oxygen atoms in total. The van der Waals surface area contributed by atoms with Crippen LogP contribution in [0.4, 0.5) is 0 Å². The van der Waals surface area contributed by atoms with E-state index in [-0.39, 0.29) is 11.2 Å². The molecule has 1 fully saturated rings. The monoisotopic (exact) mass is 276 g/mol. The molecule has 0 aromatic carbocycles. The Morgan fingerprint density at radius 2 is 2.47 bits per heavy atom. The molecule has 0 aliphatic carbocycles. The van der Waals surface area contributed by atoms with Gasteiger partial charge in [-0.15, -0.1) is 0 Å². The molecule has 0 N–H and O–H groups in total. The van der Waals surface area contributed by atoms with Gasteiger partial charge in [-0.1, -0.05) is 0 Å². The van der Waals surface area contributed by atoms with Crippen LogP contribution in [0.1, 0.15) is 18.2 Å². The zero-order chi connectivity index (χ0) is 13.4. The van der Waals surface area contributed by atoms with Crippen molar-refractivity contribution in [2.75, 3.05) is 19.5 Å². The van der Waals surface area contributed by atoms with Gasteiger partial charge in [-0.2, -0.15) is 5.26 Å². The third kappa shape index (κ3) is 2.03. The molecular formula is C12H12N4O2S. The summed E-state index contributed by atoms with van der Waals surface area (Å²) in [4.78, 5) is 8.39. The van der Waals surface area contributed by atoms with E-state index in [2.05, 4.69) is 16.0 Å². The Bertz CT molecular complexity index is 698. The van der Waals surface area contributed by atoms with Gasteiger partial charge in [-0.3, -0.25) is 4.21 Å². The van der Waals surface area contributed by atoms with E-state index in [0.717, 1.165) is 11.8 Å². The Balaban J connectivity index is 2.23. The number of nitriles is 1. The van der Waals surface area contributed by atoms with Crippen molar-refractivity contribution in [1.82, 2.24) is 14.5 Å². The van der Waals surface area contributed by atoms with Gasteiger partial charge in [0.2, 0.25) is 5.16 Å². The average molecular weight is 276 g/mol. The van der Waals surface area contributed by atoms with Crippen LogP contribution in [0.3, 0.4) is 0 Å². The van der Waals surface area contributed by atoms with Crippen LogP contribution < -0.4 is 0 Å². The van der Waals surface area contributed by atoms with Gasteiger partial charge in [0.1, 0.15) is 17.4 Å². The topological polar surface area (TPSA) is 80.8 Å². The van der Waals surface area contributed by atoms with Crippen molar-refractivity contribution in [1.29, 1.82) is 5.26 Å². The summed E-state index contributed by atoms with van der Waals surface area (Å²) < 4.78 is 18.7. The highest BCUT2D eigenvalue weighted by atomic mass is 32.2. The molecule has 98 valence electrons. The van der Waals surface area contributed by atoms with Gasteiger partial charge in [0.05, 0.1) is 23.4 Å². The maximum atomic E-state index is 11.5. The van der Waals surface area contributed by atoms with E-state index in [1.54, 1.807) is 18.5 Å². The molecular weight excluding hydrogens is 264 g/mol. The van der Waals surface area contributed by atoms with Crippen LogP contribution in [0.2, 0.25) is 0 Å². The molecule has 2 aromatic rings. The molecule has 0 amide bonds. The summed E-state index contributed by atoms with van der Waals surface area (Å²) in [7, 11) is -1.24. The van der Waals surface area contributed by atoms with Crippen molar-refractivity contribution >= 4 is 21.8 Å². The van der Waals surface area contributed by atoms with Gasteiger partial charge in [0.15, 0.2) is 0 Å². The highest BCUT2D eigenvalue weighted by Gasteiger charge is 2.23. The maximum Gasteiger partial charge on any atom is 0.220 e. The second-order valence-electron chi connectivity index (χ2n) is 4.41. The summed E-state index contributed by atoms with van der Waals surface area (Å²) in [5.74, 6) is 0. The van der Waals surface area contributed by atoms with E-state index in [9.17, 15) is 9.47 Å². The lowest BCUT2D eigenvalue weighted by Crippen LogP contribution is -2.11. The predicted molar refractivity (Wildman–Crippen MR) is 69.0 cm³/mol. The first kappa shape index (κ1) is 12.3. The minimum atomic E-state index is -1.24. The molecule has 1 aliphatic rings. The number of nitrogens with zero attached hydrogens (tertiary/aromatic N) is 4. The number of rotatable bonds is 2. The molecule has 3 rings (SSSR count). The minimum Gasteiger partial charge on any atom is -0.379 e. The zero-order valence-electron chi connectivity index (χ0n) is 10.4. The van der Waals surface area contributed by atoms with Gasteiger partial charge in [0.25, 0.3) is 0 Å². The van der Waals surface area contributed by atoms with Crippen molar-refractivity contribution in [3.8, 4) is 6.07 Å². The highest BCUT2D eigenvalue weighted by Crippen LogP contribution is 2.27. The van der Waals surface area contributed by atoms with Crippen LogP contribution in [-0.2, 0) is 15.5 Å². The van der Waals surface area contributed by atoms with Crippen LogP contribution >= 0.6 is 0 Å². The predicted octanol–water partition coefficient (Wildman–Crippen LogP) is 1.00. The summed E-state index contributed by atoms with van der Waals surface area (Å²) in [6.45, 7) is 1.26. The molecule has 19 heavy (non-hydrogen) atoms. The molecule has 3 heterocycles. The van der Waals surface area contributed by atoms with E-state index in [1.807, 2.05) is 4.57 Å². The number of hydrogen-bond donors (Lipinski definition) is 0. The Morgan fingerprint density at radius 3 is 3.11 bits per heavy atom. The van der Waals surface area contributed by atoms with E-state index in [4.69, 9.17) is 4.74 Å². The second-order valence-corrected chi connectivity index (χ2v) is 5.69. The molecule has 2 aromatic heterocycles. The Kier molecular flexibility index (Phi) is 3.05. The number of fused-ring (bicyclic) bond motifs is 1. The highest BCUT2D eigenvalue weighted by molar-refractivity contribution is 7.84. The van der Waals surface area contributed by atoms with E-state index < -0.39 is 10.8 Å². The lowest BCUT2D eigenvalue weighted by molar-refractivity contribution is 0.187. The van der Waals surface area contributed by atoms with Crippen LogP contribution in [0.25, 0.3) is 11.0 Å². The van der Waals surface area contributed by atoms with Gasteiger partial charge >= 0.3 is 0 Å². The Hall–Kier alpha value is -1.78. The van der Waals surface area contributed by atoms with Gasteiger partial charge < -0.3 is 9.30 Å². The molecule has 2 atom stereocenters. The summed E-state index contributed by atoms with van der Waals surface area (Å²) >= 11 is 0. The molecule has 0 bridgehead atoms. The Morgan fingerprint density at radius 1 is 1.63 bits per heavy atom. The van der Waals surface area contributed by atoms with Gasteiger partial charge in [-0.05, 0) is 12.5 Å². The molecule has 0 radical (unpaired) electrons. The van der Waals surface area contributed by atoms with E-state index >= 15 is 0 Å². The SMILES string of the molecule is CS(=O)c1ncc2cc(C#N)n(C3CCOC3)c2n1. The van der Waals surface area contributed by atoms with Crippen molar-refractivity contribution in [3.63, 3.8) is 0 Å². The summed E-state index contributed by atoms with van der Waals surface area (Å²) in [6, 6.07) is 4.05. The fourth-order valence-electron chi connectivity index (χ4n) is 2.31.